The molecular weight excluding hydrogens is 1000 g/mol. The molecule has 2 N–H and O–H groups in total. The normalized spacial score (nSPS) is 12.9. The summed E-state index contributed by atoms with van der Waals surface area (Å²) in [7, 11) is 0. The Kier molecular flexibility index (Phi) is 16.7. The summed E-state index contributed by atoms with van der Waals surface area (Å²) in [6.07, 6.45) is 0.636. The highest BCUT2D eigenvalue weighted by Gasteiger charge is 2.27. The lowest BCUT2D eigenvalue weighted by molar-refractivity contribution is -0.119. The van der Waals surface area contributed by atoms with Crippen LogP contribution in [-0.2, 0) is 46.1 Å². The Morgan fingerprint density at radius 3 is 0.838 bits per heavy atom. The Morgan fingerprint density at radius 2 is 0.600 bits per heavy atom. The lowest BCUT2D eigenvalue weighted by Gasteiger charge is -2.26. The molecule has 0 aromatic heterocycles. The first-order valence-electron chi connectivity index (χ1n) is 26.5. The van der Waals surface area contributed by atoms with Crippen LogP contribution in [0.2, 0.25) is 0 Å². The molecule has 0 unspecified atom stereocenters. The van der Waals surface area contributed by atoms with Crippen LogP contribution in [0.4, 0.5) is 45.5 Å². The van der Waals surface area contributed by atoms with Crippen LogP contribution in [0.5, 0.6) is 23.0 Å². The second-order valence-corrected chi connectivity index (χ2v) is 22.2. The third-order valence-electron chi connectivity index (χ3n) is 13.4. The number of phenols is 2. The smallest absolute Gasteiger partial charge is 0.167 e. The van der Waals surface area contributed by atoms with E-state index in [1.807, 2.05) is 133 Å². The van der Waals surface area contributed by atoms with Crippen LogP contribution in [0.15, 0.2) is 199 Å². The molecule has 9 rings (SSSR count). The fraction of sp³-hybridized carbons (Fsp3) is 0.242. The standard InChI is InChI=1S/C66H64N8O6/c1-41(75)39-79-63-47-27-43-35-59(73-71-57-23-19-55(20-24-57)69-67-53-15-11-9-12-16-53)37-45(61(43)77)29-49-33-52(66(6,7)8)34-50(64(49)80-40-42(2)76)30-46-38-60(36-44(62(46)78)28-48(63)32-51(31-47)65(3,4)5)74-72-58-25-21-56(22-26-58)70-68-54-17-13-10-14-18-54/h9-26,31-38,77-78H,27-30,39-40H2,1-8H3. The number of ether oxygens (including phenoxy) is 2. The summed E-state index contributed by atoms with van der Waals surface area (Å²) >= 11 is 0. The number of phenolic OH excluding ortho intramolecular Hbond substituents is 2. The number of aromatic hydroxyl groups is 2. The number of carbonyl (C=O) groups excluding carboxylic acids is 2. The Labute approximate surface area is 466 Å². The van der Waals surface area contributed by atoms with E-state index in [4.69, 9.17) is 19.7 Å². The molecule has 0 spiro atoms. The second-order valence-electron chi connectivity index (χ2n) is 22.2. The largest absolute Gasteiger partial charge is 0.507 e. The zero-order valence-electron chi connectivity index (χ0n) is 46.4. The number of ketones is 2. The third-order valence-corrected chi connectivity index (χ3v) is 13.4. The lowest BCUT2D eigenvalue weighted by Crippen LogP contribution is -2.16. The summed E-state index contributed by atoms with van der Waals surface area (Å²) in [4.78, 5) is 25.5. The molecule has 404 valence electrons. The molecule has 0 saturated carbocycles. The summed E-state index contributed by atoms with van der Waals surface area (Å²) in [6.45, 7) is 15.2. The molecule has 0 fully saturated rings. The SMILES string of the molecule is CC(=O)COc1c2cc(C(C)(C)C)cc1Cc1cc(N=Nc3ccc(N=Nc4ccccc4)cc3)cc(c1O)Cc1cc(C(C)(C)C)cc(c1OCC(C)=O)Cc1cc(N=Nc3ccc(N=Nc4ccccc4)cc3)cc(c1O)C2. The summed E-state index contributed by atoms with van der Waals surface area (Å²) in [5.74, 6) is 0.622. The van der Waals surface area contributed by atoms with Crippen LogP contribution in [0, 0.1) is 0 Å². The van der Waals surface area contributed by atoms with Crippen molar-refractivity contribution < 1.29 is 29.3 Å². The van der Waals surface area contributed by atoms with Gasteiger partial charge >= 0.3 is 0 Å². The molecule has 14 nitrogen and oxygen atoms in total. The van der Waals surface area contributed by atoms with Gasteiger partial charge in [0.05, 0.1) is 45.5 Å². The first kappa shape index (κ1) is 55.5. The number of Topliss-reactive ketones (excluding diaryl/α,β-unsaturated/α-hetero) is 2. The molecule has 14 heteroatoms. The van der Waals surface area contributed by atoms with Crippen molar-refractivity contribution in [3.05, 3.63) is 213 Å². The maximum absolute atomic E-state index is 12.8. The van der Waals surface area contributed by atoms with E-state index in [9.17, 15) is 19.8 Å². The summed E-state index contributed by atoms with van der Waals surface area (Å²) in [6, 6.07) is 49.0. The molecule has 8 bridgehead atoms. The minimum Gasteiger partial charge on any atom is -0.507 e. The number of hydrogen-bond acceptors (Lipinski definition) is 14. The van der Waals surface area contributed by atoms with Gasteiger partial charge in [-0.2, -0.15) is 40.9 Å². The van der Waals surface area contributed by atoms with Gasteiger partial charge in [-0.3, -0.25) is 9.59 Å². The highest BCUT2D eigenvalue weighted by molar-refractivity contribution is 5.78. The van der Waals surface area contributed by atoms with Gasteiger partial charge in [0, 0.05) is 47.9 Å². The molecule has 0 heterocycles. The van der Waals surface area contributed by atoms with Crippen LogP contribution >= 0.6 is 0 Å². The number of benzene rings is 8. The monoisotopic (exact) mass is 1060 g/mol. The fourth-order valence-electron chi connectivity index (χ4n) is 9.20. The second kappa shape index (κ2) is 24.2. The molecule has 8 aromatic carbocycles. The molecule has 8 aromatic rings. The van der Waals surface area contributed by atoms with Crippen molar-refractivity contribution in [2.45, 2.75) is 91.9 Å². The van der Waals surface area contributed by atoms with E-state index in [2.05, 4.69) is 96.5 Å². The highest BCUT2D eigenvalue weighted by atomic mass is 16.5. The number of rotatable bonds is 14. The van der Waals surface area contributed by atoms with Gasteiger partial charge in [0.1, 0.15) is 36.2 Å². The van der Waals surface area contributed by atoms with Gasteiger partial charge in [-0.1, -0.05) is 102 Å². The first-order chi connectivity index (χ1) is 38.3. The predicted octanol–water partition coefficient (Wildman–Crippen LogP) is 18.0. The van der Waals surface area contributed by atoms with E-state index < -0.39 is 0 Å². The predicted molar refractivity (Wildman–Crippen MR) is 313 cm³/mol. The molecule has 0 radical (unpaired) electrons. The minimum atomic E-state index is -0.364. The number of nitrogens with zero attached hydrogens (tertiary/aromatic N) is 8. The van der Waals surface area contributed by atoms with Crippen LogP contribution < -0.4 is 9.47 Å². The van der Waals surface area contributed by atoms with Crippen LogP contribution in [0.3, 0.4) is 0 Å². The third kappa shape index (κ3) is 14.2. The maximum atomic E-state index is 12.8. The molecule has 1 aliphatic carbocycles. The Morgan fingerprint density at radius 1 is 0.362 bits per heavy atom. The van der Waals surface area contributed by atoms with Crippen LogP contribution in [-0.4, -0.2) is 35.0 Å². The van der Waals surface area contributed by atoms with Crippen molar-refractivity contribution in [3.8, 4) is 23.0 Å². The van der Waals surface area contributed by atoms with Crippen LogP contribution in [0.1, 0.15) is 111 Å². The molecule has 0 amide bonds. The number of fused-ring (bicyclic) bond motifs is 8. The maximum Gasteiger partial charge on any atom is 0.167 e. The van der Waals surface area contributed by atoms with Gasteiger partial charge in [-0.05, 0) is 155 Å². The van der Waals surface area contributed by atoms with Gasteiger partial charge in [0.25, 0.3) is 0 Å². The molecule has 1 aliphatic rings. The van der Waals surface area contributed by atoms with Gasteiger partial charge in [-0.25, -0.2) is 0 Å². The van der Waals surface area contributed by atoms with E-state index in [-0.39, 0.29) is 72.8 Å². The molecule has 80 heavy (non-hydrogen) atoms. The molecular formula is C66H64N8O6. The van der Waals surface area contributed by atoms with Crippen molar-refractivity contribution in [1.29, 1.82) is 0 Å². The van der Waals surface area contributed by atoms with Crippen molar-refractivity contribution in [3.63, 3.8) is 0 Å². The Bertz CT molecular complexity index is 3350. The highest BCUT2D eigenvalue weighted by Crippen LogP contribution is 2.44. The van der Waals surface area contributed by atoms with Crippen molar-refractivity contribution in [1.82, 2.24) is 0 Å². The summed E-state index contributed by atoms with van der Waals surface area (Å²) in [5.41, 5.74) is 11.1. The summed E-state index contributed by atoms with van der Waals surface area (Å²) < 4.78 is 13.0. The number of carbonyl (C=O) groups is 2. The van der Waals surface area contributed by atoms with Gasteiger partial charge in [-0.15, -0.1) is 0 Å². The van der Waals surface area contributed by atoms with Crippen molar-refractivity contribution in [2.24, 2.45) is 40.9 Å². The minimum absolute atomic E-state index is 0.0359. The first-order valence-corrected chi connectivity index (χ1v) is 26.5. The quantitative estimate of drug-likeness (QED) is 0.102. The Hall–Kier alpha value is -9.30. The van der Waals surface area contributed by atoms with Crippen molar-refractivity contribution >= 4 is 57.1 Å². The number of azo groups is 4. The van der Waals surface area contributed by atoms with E-state index in [0.717, 1.165) is 22.5 Å². The number of hydrogen-bond donors (Lipinski definition) is 2. The van der Waals surface area contributed by atoms with E-state index in [0.29, 0.717) is 90.1 Å². The molecule has 0 saturated heterocycles. The van der Waals surface area contributed by atoms with Crippen molar-refractivity contribution in [2.75, 3.05) is 13.2 Å². The fourth-order valence-corrected chi connectivity index (χ4v) is 9.20. The zero-order chi connectivity index (χ0) is 56.6. The summed E-state index contributed by atoms with van der Waals surface area (Å²) in [5, 5.41) is 61.4. The van der Waals surface area contributed by atoms with E-state index >= 15 is 0 Å². The molecule has 0 atom stereocenters. The average Bonchev–Trinajstić information content (AvgIpc) is 3.46. The lowest BCUT2D eigenvalue weighted by atomic mass is 9.81. The van der Waals surface area contributed by atoms with Gasteiger partial charge in [0.2, 0.25) is 0 Å². The molecule has 0 aliphatic heterocycles. The average molecular weight is 1070 g/mol. The topological polar surface area (TPSA) is 192 Å². The van der Waals surface area contributed by atoms with Gasteiger partial charge < -0.3 is 19.7 Å². The zero-order valence-corrected chi connectivity index (χ0v) is 46.4. The van der Waals surface area contributed by atoms with Crippen LogP contribution in [0.25, 0.3) is 0 Å². The van der Waals surface area contributed by atoms with E-state index in [1.165, 1.54) is 13.8 Å². The Balaban J connectivity index is 1.21. The van der Waals surface area contributed by atoms with Gasteiger partial charge in [0.15, 0.2) is 11.6 Å². The van der Waals surface area contributed by atoms with E-state index in [1.54, 1.807) is 0 Å².